The second-order valence-corrected chi connectivity index (χ2v) is 4.34. The molecule has 0 aliphatic carbocycles. The van der Waals surface area contributed by atoms with Gasteiger partial charge >= 0.3 is 6.01 Å². The van der Waals surface area contributed by atoms with Gasteiger partial charge in [-0.2, -0.15) is 0 Å². The number of halogens is 2. The number of nitrogens with zero attached hydrogens (tertiary/aromatic N) is 2. The summed E-state index contributed by atoms with van der Waals surface area (Å²) in [7, 11) is 0. The molecule has 0 aliphatic rings. The van der Waals surface area contributed by atoms with Crippen molar-refractivity contribution < 1.29 is 8.81 Å². The van der Waals surface area contributed by atoms with E-state index in [1.165, 1.54) is 12.1 Å². The maximum Gasteiger partial charge on any atom is 0.320 e. The largest absolute Gasteiger partial charge is 0.406 e. The number of hydrogen-bond donors (Lipinski definition) is 2. The maximum absolute atomic E-state index is 13.2. The van der Waals surface area contributed by atoms with Gasteiger partial charge in [-0.15, -0.1) is 5.10 Å². The zero-order valence-corrected chi connectivity index (χ0v) is 11.2. The van der Waals surface area contributed by atoms with Crippen LogP contribution in [0.5, 0.6) is 0 Å². The summed E-state index contributed by atoms with van der Waals surface area (Å²) >= 11 is 5.60. The average Bonchev–Trinajstić information content (AvgIpc) is 2.82. The second-order valence-electron chi connectivity index (χ2n) is 3.93. The summed E-state index contributed by atoms with van der Waals surface area (Å²) < 4.78 is 18.6. The van der Waals surface area contributed by atoms with Crippen LogP contribution in [0.1, 0.15) is 19.2 Å². The van der Waals surface area contributed by atoms with Crippen molar-refractivity contribution in [3.8, 4) is 0 Å². The van der Waals surface area contributed by atoms with Crippen LogP contribution in [0.2, 0.25) is 5.02 Å². The van der Waals surface area contributed by atoms with E-state index in [1.54, 1.807) is 6.07 Å². The predicted octanol–water partition coefficient (Wildman–Crippen LogP) is 3.11. The monoisotopic (exact) mass is 284 g/mol. The minimum Gasteiger partial charge on any atom is -0.406 e. The molecule has 0 unspecified atom stereocenters. The fourth-order valence-electron chi connectivity index (χ4n) is 1.45. The Morgan fingerprint density at radius 3 is 2.95 bits per heavy atom. The van der Waals surface area contributed by atoms with Gasteiger partial charge in [0.15, 0.2) is 0 Å². The first-order valence-electron chi connectivity index (χ1n) is 5.94. The molecule has 0 saturated heterocycles. The van der Waals surface area contributed by atoms with Gasteiger partial charge in [0.1, 0.15) is 5.82 Å². The lowest BCUT2D eigenvalue weighted by molar-refractivity contribution is 0.479. The van der Waals surface area contributed by atoms with E-state index in [9.17, 15) is 4.39 Å². The zero-order chi connectivity index (χ0) is 13.7. The zero-order valence-electron chi connectivity index (χ0n) is 10.4. The molecule has 1 aromatic carbocycles. The third kappa shape index (κ3) is 3.90. The van der Waals surface area contributed by atoms with E-state index in [2.05, 4.69) is 27.8 Å². The third-order valence-corrected chi connectivity index (χ3v) is 2.65. The van der Waals surface area contributed by atoms with Gasteiger partial charge in [0, 0.05) is 5.69 Å². The highest BCUT2D eigenvalue weighted by molar-refractivity contribution is 6.30. The van der Waals surface area contributed by atoms with E-state index in [4.69, 9.17) is 16.0 Å². The van der Waals surface area contributed by atoms with E-state index in [0.717, 1.165) is 13.0 Å². The highest BCUT2D eigenvalue weighted by Gasteiger charge is 2.07. The molecule has 2 rings (SSSR count). The van der Waals surface area contributed by atoms with Crippen LogP contribution in [0.25, 0.3) is 0 Å². The van der Waals surface area contributed by atoms with Gasteiger partial charge in [-0.1, -0.05) is 23.6 Å². The Hall–Kier alpha value is -1.66. The lowest BCUT2D eigenvalue weighted by atomic mass is 10.3. The molecular formula is C12H14ClFN4O. The molecule has 1 aromatic heterocycles. The summed E-state index contributed by atoms with van der Waals surface area (Å²) in [6.07, 6.45) is 1.03. The summed E-state index contributed by atoms with van der Waals surface area (Å²) in [6.45, 7) is 3.47. The molecule has 0 atom stereocenters. The Labute approximate surface area is 115 Å². The Balaban J connectivity index is 1.97. The molecule has 19 heavy (non-hydrogen) atoms. The third-order valence-electron chi connectivity index (χ3n) is 2.34. The fraction of sp³-hybridized carbons (Fsp3) is 0.333. The second kappa shape index (κ2) is 6.49. The fourth-order valence-corrected chi connectivity index (χ4v) is 1.56. The molecule has 0 bridgehead atoms. The molecule has 0 aliphatic heterocycles. The van der Waals surface area contributed by atoms with Gasteiger partial charge < -0.3 is 15.1 Å². The molecule has 1 heterocycles. The van der Waals surface area contributed by atoms with E-state index in [1.807, 2.05) is 0 Å². The molecule has 0 radical (unpaired) electrons. The summed E-state index contributed by atoms with van der Waals surface area (Å²) in [5.74, 6) is -0.0265. The summed E-state index contributed by atoms with van der Waals surface area (Å²) in [4.78, 5) is 0. The first kappa shape index (κ1) is 13.8. The van der Waals surface area contributed by atoms with Crippen molar-refractivity contribution in [2.24, 2.45) is 0 Å². The van der Waals surface area contributed by atoms with Crippen LogP contribution in [0.15, 0.2) is 22.6 Å². The van der Waals surface area contributed by atoms with E-state index in [-0.39, 0.29) is 11.0 Å². The van der Waals surface area contributed by atoms with Crippen LogP contribution in [0.3, 0.4) is 0 Å². The highest BCUT2D eigenvalue weighted by Crippen LogP contribution is 2.21. The molecule has 0 saturated carbocycles. The summed E-state index contributed by atoms with van der Waals surface area (Å²) in [5, 5.41) is 13.7. The summed E-state index contributed by atoms with van der Waals surface area (Å²) in [6, 6.07) is 4.57. The number of nitrogens with one attached hydrogen (secondary N) is 2. The highest BCUT2D eigenvalue weighted by atomic mass is 35.5. The topological polar surface area (TPSA) is 63.0 Å². The van der Waals surface area contributed by atoms with Gasteiger partial charge in [0.05, 0.1) is 11.6 Å². The number of aromatic nitrogens is 2. The van der Waals surface area contributed by atoms with Gasteiger partial charge in [-0.25, -0.2) is 4.39 Å². The average molecular weight is 285 g/mol. The van der Waals surface area contributed by atoms with Crippen molar-refractivity contribution in [3.05, 3.63) is 34.9 Å². The lowest BCUT2D eigenvalue weighted by Crippen LogP contribution is -2.13. The Kier molecular flexibility index (Phi) is 4.70. The normalized spacial score (nSPS) is 10.7. The molecular weight excluding hydrogens is 271 g/mol. The van der Waals surface area contributed by atoms with Crippen molar-refractivity contribution in [2.75, 3.05) is 11.9 Å². The summed E-state index contributed by atoms with van der Waals surface area (Å²) in [5.41, 5.74) is 0.499. The van der Waals surface area contributed by atoms with Gasteiger partial charge in [0.25, 0.3) is 0 Å². The smallest absolute Gasteiger partial charge is 0.320 e. The SMILES string of the molecule is CCCNCc1nnc(Nc2ccc(Cl)c(F)c2)o1. The van der Waals surface area contributed by atoms with Gasteiger partial charge in [-0.05, 0) is 31.2 Å². The molecule has 7 heteroatoms. The number of hydrogen-bond acceptors (Lipinski definition) is 5. The molecule has 2 N–H and O–H groups in total. The van der Waals surface area contributed by atoms with Crippen LogP contribution < -0.4 is 10.6 Å². The van der Waals surface area contributed by atoms with Crippen LogP contribution in [-0.4, -0.2) is 16.7 Å². The lowest BCUT2D eigenvalue weighted by Gasteiger charge is -2.02. The maximum atomic E-state index is 13.2. The Morgan fingerprint density at radius 1 is 1.37 bits per heavy atom. The van der Waals surface area contributed by atoms with Crippen LogP contribution in [0.4, 0.5) is 16.1 Å². The van der Waals surface area contributed by atoms with Crippen LogP contribution >= 0.6 is 11.6 Å². The number of rotatable bonds is 6. The molecule has 102 valence electrons. The number of benzene rings is 1. The predicted molar refractivity (Wildman–Crippen MR) is 71.0 cm³/mol. The van der Waals surface area contributed by atoms with E-state index < -0.39 is 5.82 Å². The van der Waals surface area contributed by atoms with Gasteiger partial charge in [-0.3, -0.25) is 0 Å². The van der Waals surface area contributed by atoms with E-state index >= 15 is 0 Å². The number of anilines is 2. The van der Waals surface area contributed by atoms with Crippen LogP contribution in [-0.2, 0) is 6.54 Å². The van der Waals surface area contributed by atoms with Crippen molar-refractivity contribution in [1.29, 1.82) is 0 Å². The van der Waals surface area contributed by atoms with Crippen LogP contribution in [0, 0.1) is 5.82 Å². The molecule has 5 nitrogen and oxygen atoms in total. The Bertz CT molecular complexity index is 546. The van der Waals surface area contributed by atoms with E-state index in [0.29, 0.717) is 18.1 Å². The van der Waals surface area contributed by atoms with Crippen molar-refractivity contribution >= 4 is 23.3 Å². The van der Waals surface area contributed by atoms with Crippen molar-refractivity contribution in [1.82, 2.24) is 15.5 Å². The quantitative estimate of drug-likeness (QED) is 0.798. The van der Waals surface area contributed by atoms with Gasteiger partial charge in [0.2, 0.25) is 5.89 Å². The molecule has 0 amide bonds. The van der Waals surface area contributed by atoms with Crippen molar-refractivity contribution in [3.63, 3.8) is 0 Å². The minimum atomic E-state index is -0.504. The van der Waals surface area contributed by atoms with Crippen molar-refractivity contribution in [2.45, 2.75) is 19.9 Å². The minimum absolute atomic E-state index is 0.0699. The Morgan fingerprint density at radius 2 is 2.21 bits per heavy atom. The molecule has 2 aromatic rings. The first-order valence-corrected chi connectivity index (χ1v) is 6.32. The first-order chi connectivity index (χ1) is 9.19. The standard InChI is InChI=1S/C12H14ClFN4O/c1-2-5-15-7-11-17-18-12(19-11)16-8-3-4-9(13)10(14)6-8/h3-4,6,15H,2,5,7H2,1H3,(H,16,18). The molecule has 0 fully saturated rings. The molecule has 0 spiro atoms.